The molecule has 2 aliphatic rings. The maximum atomic E-state index is 14.2. The standard InChI is InChI=1S/C23H22F2N6O2S/c1-34-11-30-19-7-18(23(33)31-13-2-3-14(31)6-15(32)5-13)26-8-16(19)21(28-30)20-9-27-22-17(25)4-12(24)10-29(20)22/h4,7-10,13-15,32H,2-3,5-6,11H2,1H3. The first-order valence-electron chi connectivity index (χ1n) is 11.1. The van der Waals surface area contributed by atoms with Crippen LogP contribution in [0.2, 0.25) is 0 Å². The Morgan fingerprint density at radius 3 is 2.68 bits per heavy atom. The molecule has 4 aromatic rings. The molecule has 4 aromatic heterocycles. The number of hydrogen-bond acceptors (Lipinski definition) is 6. The third kappa shape index (κ3) is 3.29. The molecule has 0 radical (unpaired) electrons. The van der Waals surface area contributed by atoms with E-state index in [0.29, 0.717) is 46.7 Å². The first kappa shape index (κ1) is 21.5. The van der Waals surface area contributed by atoms with Crippen LogP contribution in [0.3, 0.4) is 0 Å². The largest absolute Gasteiger partial charge is 0.393 e. The number of thioether (sulfide) groups is 1. The van der Waals surface area contributed by atoms with Crippen LogP contribution >= 0.6 is 11.8 Å². The highest BCUT2D eigenvalue weighted by Crippen LogP contribution is 2.37. The number of halogens is 2. The SMILES string of the molecule is CSCn1nc(-c2cnc3c(F)cc(F)cn23)c2cnc(C(=O)N3C4CCC3CC(O)C4)cc21. The van der Waals surface area contributed by atoms with Crippen molar-refractivity contribution < 1.29 is 18.7 Å². The molecule has 0 aliphatic carbocycles. The molecule has 1 amide bonds. The minimum atomic E-state index is -0.758. The lowest BCUT2D eigenvalue weighted by molar-refractivity contribution is 0.0282. The second-order valence-electron chi connectivity index (χ2n) is 8.92. The van der Waals surface area contributed by atoms with Crippen LogP contribution in [0.1, 0.15) is 36.2 Å². The van der Waals surface area contributed by atoms with Crippen molar-refractivity contribution >= 4 is 34.2 Å². The summed E-state index contributed by atoms with van der Waals surface area (Å²) < 4.78 is 31.2. The molecule has 2 saturated heterocycles. The molecule has 0 saturated carbocycles. The third-order valence-electron chi connectivity index (χ3n) is 6.82. The molecule has 6 heterocycles. The van der Waals surface area contributed by atoms with Gasteiger partial charge in [0.1, 0.15) is 17.2 Å². The number of aliphatic hydroxyl groups excluding tert-OH is 1. The number of carbonyl (C=O) groups excluding carboxylic acids is 1. The number of fused-ring (bicyclic) bond motifs is 4. The normalized spacial score (nSPS) is 22.2. The Labute approximate surface area is 197 Å². The highest BCUT2D eigenvalue weighted by atomic mass is 32.2. The molecular weight excluding hydrogens is 462 g/mol. The Kier molecular flexibility index (Phi) is 5.07. The molecule has 6 rings (SSSR count). The molecule has 2 unspecified atom stereocenters. The number of hydrogen-bond donors (Lipinski definition) is 1. The van der Waals surface area contributed by atoms with E-state index in [1.54, 1.807) is 28.7 Å². The Balaban J connectivity index is 1.45. The molecule has 2 aliphatic heterocycles. The van der Waals surface area contributed by atoms with E-state index < -0.39 is 11.6 Å². The molecule has 34 heavy (non-hydrogen) atoms. The van der Waals surface area contributed by atoms with Crippen LogP contribution in [-0.4, -0.2) is 64.5 Å². The van der Waals surface area contributed by atoms with Gasteiger partial charge in [0.25, 0.3) is 5.91 Å². The number of pyridine rings is 2. The molecule has 176 valence electrons. The summed E-state index contributed by atoms with van der Waals surface area (Å²) in [6.45, 7) is 0. The van der Waals surface area contributed by atoms with Crippen LogP contribution in [0.4, 0.5) is 8.78 Å². The number of imidazole rings is 1. The third-order valence-corrected chi connectivity index (χ3v) is 7.32. The predicted octanol–water partition coefficient (Wildman–Crippen LogP) is 3.47. The second-order valence-corrected chi connectivity index (χ2v) is 9.75. The molecule has 2 bridgehead atoms. The summed E-state index contributed by atoms with van der Waals surface area (Å²) in [4.78, 5) is 23.9. The van der Waals surface area contributed by atoms with E-state index in [1.165, 1.54) is 16.8 Å². The van der Waals surface area contributed by atoms with Gasteiger partial charge in [-0.15, -0.1) is 11.8 Å². The van der Waals surface area contributed by atoms with Gasteiger partial charge in [-0.3, -0.25) is 18.9 Å². The van der Waals surface area contributed by atoms with Gasteiger partial charge in [-0.25, -0.2) is 13.8 Å². The molecule has 2 atom stereocenters. The number of piperidine rings is 1. The van der Waals surface area contributed by atoms with Gasteiger partial charge in [-0.05, 0) is 38.0 Å². The van der Waals surface area contributed by atoms with Crippen molar-refractivity contribution in [3.05, 3.63) is 48.1 Å². The Morgan fingerprint density at radius 2 is 1.94 bits per heavy atom. The first-order chi connectivity index (χ1) is 16.4. The minimum Gasteiger partial charge on any atom is -0.393 e. The van der Waals surface area contributed by atoms with E-state index in [-0.39, 0.29) is 29.7 Å². The van der Waals surface area contributed by atoms with Crippen molar-refractivity contribution in [3.8, 4) is 11.4 Å². The molecule has 8 nitrogen and oxygen atoms in total. The van der Waals surface area contributed by atoms with E-state index in [1.807, 2.05) is 11.2 Å². The van der Waals surface area contributed by atoms with Gasteiger partial charge in [0.05, 0.1) is 29.4 Å². The molecule has 11 heteroatoms. The van der Waals surface area contributed by atoms with E-state index in [4.69, 9.17) is 0 Å². The van der Waals surface area contributed by atoms with Crippen LogP contribution < -0.4 is 0 Å². The summed E-state index contributed by atoms with van der Waals surface area (Å²) in [7, 11) is 0. The van der Waals surface area contributed by atoms with Gasteiger partial charge in [0.15, 0.2) is 11.5 Å². The van der Waals surface area contributed by atoms with E-state index in [9.17, 15) is 18.7 Å². The number of carbonyl (C=O) groups is 1. The van der Waals surface area contributed by atoms with Crippen LogP contribution in [0.5, 0.6) is 0 Å². The van der Waals surface area contributed by atoms with Crippen LogP contribution in [0, 0.1) is 11.6 Å². The summed E-state index contributed by atoms with van der Waals surface area (Å²) >= 11 is 1.56. The van der Waals surface area contributed by atoms with Crippen molar-refractivity contribution in [2.45, 2.75) is 49.7 Å². The summed E-state index contributed by atoms with van der Waals surface area (Å²) in [5.41, 5.74) is 1.95. The van der Waals surface area contributed by atoms with Crippen LogP contribution in [0.25, 0.3) is 27.9 Å². The average molecular weight is 485 g/mol. The van der Waals surface area contributed by atoms with E-state index >= 15 is 0 Å². The fourth-order valence-corrected chi connectivity index (χ4v) is 5.84. The Morgan fingerprint density at radius 1 is 1.18 bits per heavy atom. The van der Waals surface area contributed by atoms with Gasteiger partial charge < -0.3 is 10.0 Å². The zero-order valence-corrected chi connectivity index (χ0v) is 19.2. The predicted molar refractivity (Wildman–Crippen MR) is 123 cm³/mol. The number of rotatable bonds is 4. The van der Waals surface area contributed by atoms with E-state index in [0.717, 1.165) is 18.9 Å². The van der Waals surface area contributed by atoms with E-state index in [2.05, 4.69) is 15.1 Å². The average Bonchev–Trinajstić information content (AvgIpc) is 3.46. The Bertz CT molecular complexity index is 1420. The van der Waals surface area contributed by atoms with Gasteiger partial charge in [0.2, 0.25) is 0 Å². The maximum Gasteiger partial charge on any atom is 0.273 e. The molecular formula is C23H22F2N6O2S. The van der Waals surface area contributed by atoms with Crippen molar-refractivity contribution in [1.29, 1.82) is 0 Å². The van der Waals surface area contributed by atoms with Crippen molar-refractivity contribution in [2.24, 2.45) is 0 Å². The summed E-state index contributed by atoms with van der Waals surface area (Å²) in [5.74, 6) is -1.09. The van der Waals surface area contributed by atoms with Gasteiger partial charge in [0, 0.05) is 35.9 Å². The summed E-state index contributed by atoms with van der Waals surface area (Å²) in [6, 6.07) is 2.60. The number of nitrogens with zero attached hydrogens (tertiary/aromatic N) is 6. The van der Waals surface area contributed by atoms with Crippen molar-refractivity contribution in [1.82, 2.24) is 29.0 Å². The fourth-order valence-electron chi connectivity index (χ4n) is 5.40. The molecule has 1 N–H and O–H groups in total. The lowest BCUT2D eigenvalue weighted by Gasteiger charge is -2.37. The molecule has 0 spiro atoms. The van der Waals surface area contributed by atoms with Gasteiger partial charge in [-0.1, -0.05) is 0 Å². The summed E-state index contributed by atoms with van der Waals surface area (Å²) in [6.07, 6.45) is 8.79. The minimum absolute atomic E-state index is 0.00600. The number of amides is 1. The zero-order chi connectivity index (χ0) is 23.6. The fraction of sp³-hybridized carbons (Fsp3) is 0.391. The van der Waals surface area contributed by atoms with Crippen LogP contribution in [-0.2, 0) is 5.88 Å². The second kappa shape index (κ2) is 8.02. The quantitative estimate of drug-likeness (QED) is 0.477. The van der Waals surface area contributed by atoms with Crippen molar-refractivity contribution in [2.75, 3.05) is 6.26 Å². The summed E-state index contributed by atoms with van der Waals surface area (Å²) in [5, 5.41) is 15.4. The number of aliphatic hydroxyl groups is 1. The van der Waals surface area contributed by atoms with Crippen LogP contribution in [0.15, 0.2) is 30.7 Å². The molecule has 0 aromatic carbocycles. The molecule has 2 fully saturated rings. The topological polar surface area (TPSA) is 88.6 Å². The zero-order valence-electron chi connectivity index (χ0n) is 18.4. The van der Waals surface area contributed by atoms with Crippen molar-refractivity contribution in [3.63, 3.8) is 0 Å². The first-order valence-corrected chi connectivity index (χ1v) is 12.5. The maximum absolute atomic E-state index is 14.2. The Hall–Kier alpha value is -3.05. The monoisotopic (exact) mass is 484 g/mol. The highest BCUT2D eigenvalue weighted by Gasteiger charge is 2.43. The lowest BCUT2D eigenvalue weighted by atomic mass is 9.99. The lowest BCUT2D eigenvalue weighted by Crippen LogP contribution is -2.48. The smallest absolute Gasteiger partial charge is 0.273 e. The van der Waals surface area contributed by atoms with Gasteiger partial charge >= 0.3 is 0 Å². The van der Waals surface area contributed by atoms with Gasteiger partial charge in [-0.2, -0.15) is 5.10 Å². The number of aromatic nitrogens is 5. The highest BCUT2D eigenvalue weighted by molar-refractivity contribution is 7.97.